The van der Waals surface area contributed by atoms with Crippen molar-refractivity contribution in [2.24, 2.45) is 0 Å². The molecule has 5 heteroatoms. The number of carbonyl (C=O) groups excluding carboxylic acids is 1. The van der Waals surface area contributed by atoms with Gasteiger partial charge in [-0.25, -0.2) is 4.98 Å². The Morgan fingerprint density at radius 2 is 2.11 bits per heavy atom. The summed E-state index contributed by atoms with van der Waals surface area (Å²) in [5.74, 6) is 1.03. The quantitative estimate of drug-likeness (QED) is 0.724. The lowest BCUT2D eigenvalue weighted by Crippen LogP contribution is -2.38. The summed E-state index contributed by atoms with van der Waals surface area (Å²) in [5.41, 5.74) is 4.40. The van der Waals surface area contributed by atoms with Gasteiger partial charge in [0, 0.05) is 0 Å². The van der Waals surface area contributed by atoms with Gasteiger partial charge in [-0.2, -0.15) is 0 Å². The fourth-order valence-electron chi connectivity index (χ4n) is 3.92. The maximum atomic E-state index is 12.6. The van der Waals surface area contributed by atoms with Gasteiger partial charge in [0.1, 0.15) is 5.82 Å². The van der Waals surface area contributed by atoms with Gasteiger partial charge >= 0.3 is 0 Å². The second-order valence-corrected chi connectivity index (χ2v) is 7.47. The van der Waals surface area contributed by atoms with Crippen molar-refractivity contribution < 1.29 is 4.79 Å². The van der Waals surface area contributed by atoms with Gasteiger partial charge in [0.2, 0.25) is 5.91 Å². The van der Waals surface area contributed by atoms with E-state index in [4.69, 9.17) is 4.98 Å². The maximum Gasteiger partial charge on any atom is 0.234 e. The molecular weight excluding hydrogens is 336 g/mol. The van der Waals surface area contributed by atoms with Crippen molar-refractivity contribution in [2.75, 3.05) is 13.1 Å². The number of hydrogen-bond acceptors (Lipinski definition) is 3. The number of rotatable bonds is 5. The minimum absolute atomic E-state index is 0.00827. The third-order valence-corrected chi connectivity index (χ3v) is 5.36. The van der Waals surface area contributed by atoms with E-state index in [2.05, 4.69) is 40.3 Å². The van der Waals surface area contributed by atoms with Crippen LogP contribution in [0.5, 0.6) is 0 Å². The average Bonchev–Trinajstić information content (AvgIpc) is 3.28. The van der Waals surface area contributed by atoms with E-state index in [1.165, 1.54) is 5.56 Å². The highest BCUT2D eigenvalue weighted by atomic mass is 16.2. The topological polar surface area (TPSA) is 61.0 Å². The molecule has 140 valence electrons. The largest absolute Gasteiger partial charge is 0.348 e. The third kappa shape index (κ3) is 3.88. The van der Waals surface area contributed by atoms with E-state index in [1.54, 1.807) is 0 Å². The van der Waals surface area contributed by atoms with Crippen LogP contribution in [0.15, 0.2) is 48.5 Å². The second kappa shape index (κ2) is 7.53. The van der Waals surface area contributed by atoms with Crippen LogP contribution in [0.3, 0.4) is 0 Å². The Balaban J connectivity index is 1.44. The molecule has 27 heavy (non-hydrogen) atoms. The van der Waals surface area contributed by atoms with Crippen LogP contribution < -0.4 is 5.32 Å². The molecule has 0 radical (unpaired) electrons. The second-order valence-electron chi connectivity index (χ2n) is 7.47. The van der Waals surface area contributed by atoms with Gasteiger partial charge < -0.3 is 10.3 Å². The van der Waals surface area contributed by atoms with Gasteiger partial charge in [-0.15, -0.1) is 0 Å². The van der Waals surface area contributed by atoms with E-state index >= 15 is 0 Å². The lowest BCUT2D eigenvalue weighted by Gasteiger charge is -2.23. The van der Waals surface area contributed by atoms with E-state index < -0.39 is 0 Å². The van der Waals surface area contributed by atoms with Crippen molar-refractivity contribution in [3.8, 4) is 0 Å². The Morgan fingerprint density at radius 3 is 2.93 bits per heavy atom. The molecule has 3 aromatic rings. The number of carbonyl (C=O) groups is 1. The Kier molecular flexibility index (Phi) is 4.94. The van der Waals surface area contributed by atoms with E-state index in [9.17, 15) is 4.79 Å². The maximum absolute atomic E-state index is 12.6. The summed E-state index contributed by atoms with van der Waals surface area (Å²) in [5, 5.41) is 3.12. The number of nitrogens with zero attached hydrogens (tertiary/aromatic N) is 2. The highest BCUT2D eigenvalue weighted by Crippen LogP contribution is 2.31. The van der Waals surface area contributed by atoms with Gasteiger partial charge in [-0.1, -0.05) is 36.4 Å². The Bertz CT molecular complexity index is 934. The molecule has 2 aromatic carbocycles. The van der Waals surface area contributed by atoms with Crippen LogP contribution in [-0.4, -0.2) is 33.9 Å². The molecule has 1 aliphatic heterocycles. The first kappa shape index (κ1) is 17.7. The van der Waals surface area contributed by atoms with Crippen LogP contribution in [-0.2, 0) is 4.79 Å². The molecule has 1 aromatic heterocycles. The van der Waals surface area contributed by atoms with Crippen LogP contribution in [0.1, 0.15) is 48.8 Å². The Morgan fingerprint density at radius 1 is 1.30 bits per heavy atom. The fraction of sp³-hybridized carbons (Fsp3) is 0.364. The molecule has 0 unspecified atom stereocenters. The van der Waals surface area contributed by atoms with Crippen LogP contribution in [0.25, 0.3) is 11.0 Å². The standard InChI is InChI=1S/C22H26N4O/c1-15-10-11-18-19(13-15)25-22(24-18)20-9-6-12-26(20)14-21(27)23-16(2)17-7-4-3-5-8-17/h3-5,7-8,10-11,13,16,20H,6,9,12,14H2,1-2H3,(H,23,27)(H,24,25)/t16-,20-/m1/s1. The molecular formula is C22H26N4O. The SMILES string of the molecule is Cc1ccc2nc([C@H]3CCCN3CC(=O)N[C@H](C)c3ccccc3)[nH]c2c1. The molecule has 2 N–H and O–H groups in total. The van der Waals surface area contributed by atoms with E-state index in [0.29, 0.717) is 6.54 Å². The summed E-state index contributed by atoms with van der Waals surface area (Å²) in [7, 11) is 0. The molecule has 0 aliphatic carbocycles. The van der Waals surface area contributed by atoms with Crippen LogP contribution in [0.4, 0.5) is 0 Å². The molecule has 5 nitrogen and oxygen atoms in total. The molecule has 0 spiro atoms. The van der Waals surface area contributed by atoms with E-state index in [-0.39, 0.29) is 18.0 Å². The summed E-state index contributed by atoms with van der Waals surface area (Å²) in [4.78, 5) is 23.1. The summed E-state index contributed by atoms with van der Waals surface area (Å²) < 4.78 is 0. The smallest absolute Gasteiger partial charge is 0.234 e. The predicted octanol–water partition coefficient (Wildman–Crippen LogP) is 3.89. The molecule has 0 bridgehead atoms. The lowest BCUT2D eigenvalue weighted by atomic mass is 10.1. The molecule has 2 atom stereocenters. The van der Waals surface area contributed by atoms with Gasteiger partial charge in [0.05, 0.1) is 29.7 Å². The van der Waals surface area contributed by atoms with E-state index in [0.717, 1.165) is 41.8 Å². The van der Waals surface area contributed by atoms with Gasteiger partial charge in [-0.05, 0) is 56.5 Å². The van der Waals surface area contributed by atoms with Crippen molar-refractivity contribution in [1.29, 1.82) is 0 Å². The van der Waals surface area contributed by atoms with Crippen LogP contribution >= 0.6 is 0 Å². The third-order valence-electron chi connectivity index (χ3n) is 5.36. The molecule has 0 saturated carbocycles. The fourth-order valence-corrected chi connectivity index (χ4v) is 3.92. The number of likely N-dealkylation sites (tertiary alicyclic amines) is 1. The molecule has 1 amide bonds. The number of amides is 1. The number of imidazole rings is 1. The zero-order chi connectivity index (χ0) is 18.8. The summed E-state index contributed by atoms with van der Waals surface area (Å²) in [6, 6.07) is 16.5. The zero-order valence-corrected chi connectivity index (χ0v) is 15.9. The van der Waals surface area contributed by atoms with Gasteiger partial charge in [-0.3, -0.25) is 9.69 Å². The number of H-pyrrole nitrogens is 1. The highest BCUT2D eigenvalue weighted by Gasteiger charge is 2.30. The number of fused-ring (bicyclic) bond motifs is 1. The molecule has 1 aliphatic rings. The highest BCUT2D eigenvalue weighted by molar-refractivity contribution is 5.79. The normalized spacial score (nSPS) is 18.7. The number of hydrogen-bond donors (Lipinski definition) is 2. The number of aromatic amines is 1. The van der Waals surface area contributed by atoms with Crippen molar-refractivity contribution in [3.63, 3.8) is 0 Å². The Labute approximate surface area is 159 Å². The van der Waals surface area contributed by atoms with Crippen LogP contribution in [0, 0.1) is 6.92 Å². The average molecular weight is 362 g/mol. The summed E-state index contributed by atoms with van der Waals surface area (Å²) >= 11 is 0. The number of nitrogens with one attached hydrogen (secondary N) is 2. The first-order chi connectivity index (χ1) is 13.1. The number of aryl methyl sites for hydroxylation is 1. The summed E-state index contributed by atoms with van der Waals surface area (Å²) in [6.07, 6.45) is 2.11. The molecule has 4 rings (SSSR count). The summed E-state index contributed by atoms with van der Waals surface area (Å²) in [6.45, 7) is 5.43. The van der Waals surface area contributed by atoms with Crippen molar-refractivity contribution in [3.05, 3.63) is 65.5 Å². The molecule has 2 heterocycles. The Hall–Kier alpha value is -2.66. The number of aromatic nitrogens is 2. The first-order valence-corrected chi connectivity index (χ1v) is 9.65. The van der Waals surface area contributed by atoms with Crippen molar-refractivity contribution >= 4 is 16.9 Å². The minimum atomic E-state index is 0.00827. The van der Waals surface area contributed by atoms with Crippen molar-refractivity contribution in [1.82, 2.24) is 20.2 Å². The minimum Gasteiger partial charge on any atom is -0.348 e. The first-order valence-electron chi connectivity index (χ1n) is 9.65. The lowest BCUT2D eigenvalue weighted by molar-refractivity contribution is -0.123. The van der Waals surface area contributed by atoms with Gasteiger partial charge in [0.15, 0.2) is 0 Å². The predicted molar refractivity (Wildman–Crippen MR) is 107 cm³/mol. The number of benzene rings is 2. The van der Waals surface area contributed by atoms with Crippen LogP contribution in [0.2, 0.25) is 0 Å². The zero-order valence-electron chi connectivity index (χ0n) is 15.9. The molecule has 1 saturated heterocycles. The van der Waals surface area contributed by atoms with Crippen molar-refractivity contribution in [2.45, 2.75) is 38.8 Å². The molecule has 1 fully saturated rings. The van der Waals surface area contributed by atoms with Gasteiger partial charge in [0.25, 0.3) is 0 Å². The van der Waals surface area contributed by atoms with E-state index in [1.807, 2.05) is 37.3 Å². The monoisotopic (exact) mass is 362 g/mol.